The van der Waals surface area contributed by atoms with Crippen molar-refractivity contribution in [2.75, 3.05) is 25.2 Å². The van der Waals surface area contributed by atoms with Crippen molar-refractivity contribution in [3.05, 3.63) is 76.9 Å². The molecule has 6 rings (SSSR count). The van der Waals surface area contributed by atoms with Gasteiger partial charge in [-0.1, -0.05) is 31.3 Å². The number of hydrogen-bond donors (Lipinski definition) is 1. The van der Waals surface area contributed by atoms with Gasteiger partial charge in [-0.15, -0.1) is 0 Å². The summed E-state index contributed by atoms with van der Waals surface area (Å²) in [6.45, 7) is 9.16. The van der Waals surface area contributed by atoms with Gasteiger partial charge in [0.25, 0.3) is 5.78 Å². The summed E-state index contributed by atoms with van der Waals surface area (Å²) in [7, 11) is 1.54. The number of anilines is 1. The van der Waals surface area contributed by atoms with Crippen LogP contribution in [-0.4, -0.2) is 48.2 Å². The second-order valence-corrected chi connectivity index (χ2v) is 12.6. The number of nitrogens with zero attached hydrogens (tertiary/aromatic N) is 2. The molecule has 1 aromatic heterocycles. The van der Waals surface area contributed by atoms with Gasteiger partial charge in [0.1, 0.15) is 23.4 Å². The van der Waals surface area contributed by atoms with Crippen LogP contribution in [0.3, 0.4) is 0 Å². The standard InChI is InChI=1S/C35H36N2O7S/c1-6-42-24-9-10-25-29(18-24)45-35(36-25)37-31(21-7-12-27(28(17-21)41-5)43-14-13-19(2)3)30(33(39)34(37)40)32(38)22-8-11-26-23(16-22)15-20(4)44-26/h7-12,16-20,31,38H,6,13-15H2,1-5H3/b32-30-. The molecule has 234 valence electrons. The molecule has 3 aromatic carbocycles. The SMILES string of the molecule is CCOc1ccc2nc(N3C(=O)C(=O)/C(=C(\O)c4ccc5c(c4)CC(C)O5)C3c3ccc(OCCC(C)C)c(OC)c3)sc2c1. The number of rotatable bonds is 10. The molecule has 0 bridgehead atoms. The van der Waals surface area contributed by atoms with Crippen molar-refractivity contribution < 1.29 is 33.6 Å². The van der Waals surface area contributed by atoms with Gasteiger partial charge in [0.05, 0.1) is 42.2 Å². The number of thiazole rings is 1. The Hall–Kier alpha value is -4.57. The number of aliphatic hydroxyl groups is 1. The molecule has 0 spiro atoms. The number of aliphatic hydroxyl groups excluding tert-OH is 1. The molecule has 0 saturated carbocycles. The fraction of sp³-hybridized carbons (Fsp3) is 0.343. The molecule has 10 heteroatoms. The van der Waals surface area contributed by atoms with Gasteiger partial charge in [0.2, 0.25) is 0 Å². The minimum Gasteiger partial charge on any atom is -0.507 e. The quantitative estimate of drug-likeness (QED) is 0.113. The molecular formula is C35H36N2O7S. The summed E-state index contributed by atoms with van der Waals surface area (Å²) in [5, 5.41) is 12.1. The molecule has 1 fully saturated rings. The first-order valence-electron chi connectivity index (χ1n) is 15.1. The van der Waals surface area contributed by atoms with Crippen molar-refractivity contribution in [2.24, 2.45) is 5.92 Å². The molecule has 1 amide bonds. The van der Waals surface area contributed by atoms with Crippen LogP contribution in [0.4, 0.5) is 5.13 Å². The van der Waals surface area contributed by atoms with Crippen LogP contribution in [0, 0.1) is 5.92 Å². The van der Waals surface area contributed by atoms with E-state index in [1.54, 1.807) is 37.4 Å². The van der Waals surface area contributed by atoms with Gasteiger partial charge in [-0.2, -0.15) is 0 Å². The van der Waals surface area contributed by atoms with Crippen LogP contribution >= 0.6 is 11.3 Å². The third-order valence-corrected chi connectivity index (χ3v) is 8.95. The second-order valence-electron chi connectivity index (χ2n) is 11.6. The average Bonchev–Trinajstić information content (AvgIpc) is 3.68. The lowest BCUT2D eigenvalue weighted by atomic mass is 9.94. The Balaban J connectivity index is 1.48. The van der Waals surface area contributed by atoms with Crippen LogP contribution in [0.5, 0.6) is 23.0 Å². The van der Waals surface area contributed by atoms with E-state index in [0.29, 0.717) is 64.6 Å². The number of fused-ring (bicyclic) bond motifs is 2. The Morgan fingerprint density at radius 3 is 2.67 bits per heavy atom. The number of hydrogen-bond acceptors (Lipinski definition) is 9. The maximum atomic E-state index is 13.8. The van der Waals surface area contributed by atoms with E-state index in [-0.39, 0.29) is 17.4 Å². The first kappa shape index (κ1) is 30.5. The van der Waals surface area contributed by atoms with Crippen LogP contribution in [0.15, 0.2) is 60.2 Å². The highest BCUT2D eigenvalue weighted by atomic mass is 32.1. The molecule has 0 radical (unpaired) electrons. The highest BCUT2D eigenvalue weighted by Gasteiger charge is 2.48. The average molecular weight is 629 g/mol. The van der Waals surface area contributed by atoms with Gasteiger partial charge >= 0.3 is 5.91 Å². The summed E-state index contributed by atoms with van der Waals surface area (Å²) in [6.07, 6.45) is 1.57. The van der Waals surface area contributed by atoms with Gasteiger partial charge < -0.3 is 24.1 Å². The first-order valence-corrected chi connectivity index (χ1v) is 15.9. The van der Waals surface area contributed by atoms with E-state index in [4.69, 9.17) is 23.9 Å². The van der Waals surface area contributed by atoms with Crippen molar-refractivity contribution in [1.29, 1.82) is 0 Å². The van der Waals surface area contributed by atoms with Gasteiger partial charge in [-0.05, 0) is 85.8 Å². The Labute approximate surface area is 266 Å². The molecule has 3 heterocycles. The van der Waals surface area contributed by atoms with Crippen LogP contribution in [0.25, 0.3) is 16.0 Å². The van der Waals surface area contributed by atoms with Crippen molar-refractivity contribution >= 4 is 44.1 Å². The zero-order valence-corrected chi connectivity index (χ0v) is 26.8. The van der Waals surface area contributed by atoms with E-state index in [2.05, 4.69) is 13.8 Å². The summed E-state index contributed by atoms with van der Waals surface area (Å²) in [5.41, 5.74) is 2.56. The Bertz CT molecular complexity index is 1810. The molecule has 4 aromatic rings. The molecule has 2 aliphatic heterocycles. The lowest BCUT2D eigenvalue weighted by Gasteiger charge is -2.24. The number of benzene rings is 3. The maximum Gasteiger partial charge on any atom is 0.301 e. The number of Topliss-reactive ketones (excluding diaryl/α,β-unsaturated/α-hetero) is 1. The van der Waals surface area contributed by atoms with Crippen LogP contribution in [0.1, 0.15) is 56.8 Å². The van der Waals surface area contributed by atoms with Gasteiger partial charge in [0, 0.05) is 12.0 Å². The molecule has 9 nitrogen and oxygen atoms in total. The third-order valence-electron chi connectivity index (χ3n) is 7.94. The Morgan fingerprint density at radius 2 is 1.91 bits per heavy atom. The van der Waals surface area contributed by atoms with Gasteiger partial charge in [-0.3, -0.25) is 14.5 Å². The summed E-state index contributed by atoms with van der Waals surface area (Å²) < 4.78 is 24.0. The highest BCUT2D eigenvalue weighted by Crippen LogP contribution is 2.46. The highest BCUT2D eigenvalue weighted by molar-refractivity contribution is 7.22. The fourth-order valence-corrected chi connectivity index (χ4v) is 6.72. The predicted molar refractivity (Wildman–Crippen MR) is 174 cm³/mol. The lowest BCUT2D eigenvalue weighted by molar-refractivity contribution is -0.132. The van der Waals surface area contributed by atoms with Crippen molar-refractivity contribution in [2.45, 2.75) is 52.7 Å². The lowest BCUT2D eigenvalue weighted by Crippen LogP contribution is -2.29. The normalized spacial score (nSPS) is 18.8. The van der Waals surface area contributed by atoms with E-state index in [0.717, 1.165) is 22.4 Å². The first-order chi connectivity index (χ1) is 21.7. The summed E-state index contributed by atoms with van der Waals surface area (Å²) >= 11 is 1.28. The van der Waals surface area contributed by atoms with Crippen LogP contribution < -0.4 is 23.8 Å². The van der Waals surface area contributed by atoms with E-state index in [1.807, 2.05) is 38.1 Å². The molecule has 2 atom stereocenters. The van der Waals surface area contributed by atoms with Crippen molar-refractivity contribution in [3.8, 4) is 23.0 Å². The smallest absolute Gasteiger partial charge is 0.301 e. The van der Waals surface area contributed by atoms with Crippen LogP contribution in [-0.2, 0) is 16.0 Å². The molecule has 2 unspecified atom stereocenters. The molecule has 1 N–H and O–H groups in total. The van der Waals surface area contributed by atoms with E-state index in [1.165, 1.54) is 16.2 Å². The van der Waals surface area contributed by atoms with E-state index >= 15 is 0 Å². The number of amides is 1. The topological polar surface area (TPSA) is 107 Å². The van der Waals surface area contributed by atoms with E-state index < -0.39 is 17.7 Å². The number of carbonyl (C=O) groups is 2. The summed E-state index contributed by atoms with van der Waals surface area (Å²) in [6, 6.07) is 15.2. The summed E-state index contributed by atoms with van der Waals surface area (Å²) in [4.78, 5) is 33.8. The minimum atomic E-state index is -0.973. The zero-order valence-electron chi connectivity index (χ0n) is 26.0. The summed E-state index contributed by atoms with van der Waals surface area (Å²) in [5.74, 6) is 1.07. The van der Waals surface area contributed by atoms with Gasteiger partial charge in [0.15, 0.2) is 16.6 Å². The number of carbonyl (C=O) groups excluding carboxylic acids is 2. The molecule has 0 aliphatic carbocycles. The van der Waals surface area contributed by atoms with Crippen molar-refractivity contribution in [1.82, 2.24) is 4.98 Å². The second kappa shape index (κ2) is 12.4. The van der Waals surface area contributed by atoms with E-state index in [9.17, 15) is 14.7 Å². The largest absolute Gasteiger partial charge is 0.507 e. The number of aromatic nitrogens is 1. The maximum absolute atomic E-state index is 13.8. The van der Waals surface area contributed by atoms with Crippen LogP contribution in [0.2, 0.25) is 0 Å². The molecule has 2 aliphatic rings. The monoisotopic (exact) mass is 628 g/mol. The molecular weight excluding hydrogens is 592 g/mol. The Morgan fingerprint density at radius 1 is 1.09 bits per heavy atom. The minimum absolute atomic E-state index is 0.0130. The fourth-order valence-electron chi connectivity index (χ4n) is 5.70. The van der Waals surface area contributed by atoms with Gasteiger partial charge in [-0.25, -0.2) is 4.98 Å². The zero-order chi connectivity index (χ0) is 31.8. The Kier molecular flexibility index (Phi) is 8.42. The number of ether oxygens (including phenoxy) is 4. The van der Waals surface area contributed by atoms with Crippen molar-refractivity contribution in [3.63, 3.8) is 0 Å². The third kappa shape index (κ3) is 5.82. The molecule has 45 heavy (non-hydrogen) atoms. The number of ketones is 1. The predicted octanol–water partition coefficient (Wildman–Crippen LogP) is 7.08. The number of methoxy groups -OCH3 is 1. The molecule has 1 saturated heterocycles.